The molecular weight excluding hydrogens is 681 g/mol. The minimum absolute atomic E-state index is 0.269. The lowest BCUT2D eigenvalue weighted by atomic mass is 10.2. The molecule has 0 atom stereocenters. The molecule has 0 aliphatic rings. The Bertz CT molecular complexity index is 1040. The number of rotatable bonds is 6. The summed E-state index contributed by atoms with van der Waals surface area (Å²) in [6.07, 6.45) is 1.61. The van der Waals surface area contributed by atoms with Crippen molar-refractivity contribution in [3.05, 3.63) is 94.0 Å². The Morgan fingerprint density at radius 2 is 1.79 bits per heavy atom. The highest BCUT2D eigenvalue weighted by atomic mass is 127. The molecule has 3 aromatic rings. The Balaban J connectivity index is 1.64. The van der Waals surface area contributed by atoms with Crippen LogP contribution in [0.4, 0.5) is 0 Å². The zero-order chi connectivity index (χ0) is 20.8. The number of halogens is 4. The van der Waals surface area contributed by atoms with Crippen LogP contribution in [-0.4, -0.2) is 12.1 Å². The molecule has 0 saturated heterocycles. The third-order valence-corrected chi connectivity index (χ3v) is 6.13. The fraction of sp³-hybridized carbons (Fsp3) is 0.0476. The maximum absolute atomic E-state index is 12.1. The summed E-state index contributed by atoms with van der Waals surface area (Å²) in [6, 6.07) is 18.6. The van der Waals surface area contributed by atoms with Gasteiger partial charge >= 0.3 is 0 Å². The van der Waals surface area contributed by atoms with E-state index < -0.39 is 0 Å². The number of amides is 1. The number of carbonyl (C=O) groups is 1. The quantitative estimate of drug-likeness (QED) is 0.178. The van der Waals surface area contributed by atoms with E-state index in [1.54, 1.807) is 24.4 Å². The summed E-state index contributed by atoms with van der Waals surface area (Å²) in [5.74, 6) is 0.548. The van der Waals surface area contributed by atoms with Crippen LogP contribution in [0.1, 0.15) is 21.5 Å². The van der Waals surface area contributed by atoms with Crippen molar-refractivity contribution < 1.29 is 9.53 Å². The zero-order valence-electron chi connectivity index (χ0n) is 14.8. The predicted molar refractivity (Wildman–Crippen MR) is 137 cm³/mol. The van der Waals surface area contributed by atoms with Crippen molar-refractivity contribution in [2.24, 2.45) is 5.10 Å². The summed E-state index contributed by atoms with van der Waals surface area (Å²) >= 11 is 13.7. The average molecular weight is 696 g/mol. The number of nitrogens with one attached hydrogen (secondary N) is 1. The fourth-order valence-electron chi connectivity index (χ4n) is 2.39. The van der Waals surface area contributed by atoms with Gasteiger partial charge in [0.25, 0.3) is 5.91 Å². The van der Waals surface area contributed by atoms with Crippen LogP contribution in [-0.2, 0) is 6.61 Å². The van der Waals surface area contributed by atoms with Gasteiger partial charge in [-0.2, -0.15) is 5.10 Å². The van der Waals surface area contributed by atoms with Crippen molar-refractivity contribution in [2.75, 3.05) is 0 Å². The van der Waals surface area contributed by atoms with E-state index in [4.69, 9.17) is 16.3 Å². The molecule has 0 unspecified atom stereocenters. The van der Waals surface area contributed by atoms with Crippen molar-refractivity contribution in [3.63, 3.8) is 0 Å². The largest absolute Gasteiger partial charge is 0.487 e. The molecule has 3 rings (SSSR count). The predicted octanol–water partition coefficient (Wildman–Crippen LogP) is 6.65. The molecule has 4 nitrogen and oxygen atoms in total. The molecule has 0 saturated carbocycles. The second-order valence-electron chi connectivity index (χ2n) is 5.94. The summed E-state index contributed by atoms with van der Waals surface area (Å²) in [7, 11) is 0. The van der Waals surface area contributed by atoms with E-state index in [0.717, 1.165) is 28.5 Å². The Kier molecular flexibility index (Phi) is 8.34. The lowest BCUT2D eigenvalue weighted by molar-refractivity contribution is 0.0955. The molecule has 29 heavy (non-hydrogen) atoms. The van der Waals surface area contributed by atoms with E-state index >= 15 is 0 Å². The summed E-state index contributed by atoms with van der Waals surface area (Å²) in [5, 5.41) is 4.76. The van der Waals surface area contributed by atoms with Gasteiger partial charge in [0.1, 0.15) is 12.4 Å². The smallest absolute Gasteiger partial charge is 0.271 e. The van der Waals surface area contributed by atoms with Crippen molar-refractivity contribution in [1.29, 1.82) is 0 Å². The second kappa shape index (κ2) is 10.7. The Hall–Kier alpha value is -1.17. The monoisotopic (exact) mass is 694 g/mol. The molecule has 0 bridgehead atoms. The topological polar surface area (TPSA) is 50.7 Å². The van der Waals surface area contributed by atoms with Crippen LogP contribution in [0.3, 0.4) is 0 Å². The van der Waals surface area contributed by atoms with Gasteiger partial charge in [-0.05, 0) is 98.8 Å². The van der Waals surface area contributed by atoms with E-state index in [2.05, 4.69) is 71.6 Å². The molecule has 0 heterocycles. The SMILES string of the molecule is O=C(N/N=C\c1cc(I)c(OCc2ccc(Cl)cc2)c(I)c1)c1cccc(Br)c1. The summed E-state index contributed by atoms with van der Waals surface area (Å²) in [4.78, 5) is 12.1. The Labute approximate surface area is 209 Å². The molecule has 1 amide bonds. The lowest BCUT2D eigenvalue weighted by Crippen LogP contribution is -2.17. The molecule has 0 fully saturated rings. The maximum Gasteiger partial charge on any atom is 0.271 e. The van der Waals surface area contributed by atoms with Crippen molar-refractivity contribution in [2.45, 2.75) is 6.61 Å². The maximum atomic E-state index is 12.1. The molecule has 8 heteroatoms. The standard InChI is InChI=1S/C21H14BrClI2N2O2/c22-16-3-1-2-15(10-16)21(28)27-26-11-14-8-18(24)20(19(25)9-14)29-12-13-4-6-17(23)7-5-13/h1-11H,12H2,(H,27,28)/b26-11-. The van der Waals surface area contributed by atoms with E-state index in [1.165, 1.54) is 0 Å². The number of hydrogen-bond donors (Lipinski definition) is 1. The average Bonchev–Trinajstić information content (AvgIpc) is 2.68. The van der Waals surface area contributed by atoms with Crippen LogP contribution < -0.4 is 10.2 Å². The molecule has 0 aliphatic heterocycles. The third-order valence-electron chi connectivity index (χ3n) is 3.78. The molecule has 148 valence electrons. The fourth-order valence-corrected chi connectivity index (χ4v) is 5.04. The van der Waals surface area contributed by atoms with Gasteiger partial charge in [0, 0.05) is 15.1 Å². The zero-order valence-corrected chi connectivity index (χ0v) is 21.5. The summed E-state index contributed by atoms with van der Waals surface area (Å²) in [6.45, 7) is 0.458. The summed E-state index contributed by atoms with van der Waals surface area (Å²) < 4.78 is 8.75. The van der Waals surface area contributed by atoms with Crippen LogP contribution in [0.25, 0.3) is 0 Å². The van der Waals surface area contributed by atoms with Crippen LogP contribution >= 0.6 is 72.7 Å². The van der Waals surface area contributed by atoms with E-state index in [0.29, 0.717) is 17.2 Å². The number of hydrogen-bond acceptors (Lipinski definition) is 3. The second-order valence-corrected chi connectivity index (χ2v) is 9.61. The van der Waals surface area contributed by atoms with Crippen molar-refractivity contribution in [3.8, 4) is 5.75 Å². The van der Waals surface area contributed by atoms with E-state index in [1.807, 2.05) is 42.5 Å². The molecule has 0 spiro atoms. The minimum Gasteiger partial charge on any atom is -0.487 e. The molecule has 0 aliphatic carbocycles. The van der Waals surface area contributed by atoms with Crippen LogP contribution in [0, 0.1) is 7.14 Å². The van der Waals surface area contributed by atoms with Crippen LogP contribution in [0.5, 0.6) is 5.75 Å². The van der Waals surface area contributed by atoms with Gasteiger partial charge in [0.05, 0.1) is 13.4 Å². The number of carbonyl (C=O) groups excluding carboxylic acids is 1. The van der Waals surface area contributed by atoms with Gasteiger partial charge in [0.15, 0.2) is 0 Å². The normalized spacial score (nSPS) is 10.9. The first-order valence-electron chi connectivity index (χ1n) is 8.37. The highest BCUT2D eigenvalue weighted by molar-refractivity contribution is 14.1. The number of ether oxygens (including phenoxy) is 1. The highest BCUT2D eigenvalue weighted by Crippen LogP contribution is 2.29. The van der Waals surface area contributed by atoms with Gasteiger partial charge in [-0.3, -0.25) is 4.79 Å². The molecule has 0 aromatic heterocycles. The van der Waals surface area contributed by atoms with Gasteiger partial charge in [0.2, 0.25) is 0 Å². The molecule has 1 N–H and O–H groups in total. The van der Waals surface area contributed by atoms with Crippen molar-refractivity contribution >= 4 is 84.8 Å². The van der Waals surface area contributed by atoms with Gasteiger partial charge in [-0.15, -0.1) is 0 Å². The van der Waals surface area contributed by atoms with E-state index in [-0.39, 0.29) is 5.91 Å². The number of nitrogens with zero attached hydrogens (tertiary/aromatic N) is 1. The van der Waals surface area contributed by atoms with Crippen LogP contribution in [0.15, 0.2) is 70.2 Å². The first-order chi connectivity index (χ1) is 13.9. The first-order valence-corrected chi connectivity index (χ1v) is 11.7. The number of benzene rings is 3. The molecule has 3 aromatic carbocycles. The Morgan fingerprint density at radius 1 is 1.10 bits per heavy atom. The molecule has 0 radical (unpaired) electrons. The van der Waals surface area contributed by atoms with Gasteiger partial charge in [-0.1, -0.05) is 45.7 Å². The summed E-state index contributed by atoms with van der Waals surface area (Å²) in [5.41, 5.74) is 4.99. The third kappa shape index (κ3) is 6.66. The highest BCUT2D eigenvalue weighted by Gasteiger charge is 2.09. The van der Waals surface area contributed by atoms with Gasteiger partial charge < -0.3 is 4.74 Å². The van der Waals surface area contributed by atoms with E-state index in [9.17, 15) is 4.79 Å². The van der Waals surface area contributed by atoms with Gasteiger partial charge in [-0.25, -0.2) is 5.43 Å². The van der Waals surface area contributed by atoms with Crippen molar-refractivity contribution in [1.82, 2.24) is 5.43 Å². The first kappa shape index (κ1) is 22.5. The lowest BCUT2D eigenvalue weighted by Gasteiger charge is -2.11. The molecular formula is C21H14BrClI2N2O2. The minimum atomic E-state index is -0.269. The Morgan fingerprint density at radius 3 is 2.45 bits per heavy atom. The number of hydrazone groups is 1. The van der Waals surface area contributed by atoms with Crippen LogP contribution in [0.2, 0.25) is 5.02 Å².